The van der Waals surface area contributed by atoms with Gasteiger partial charge in [0, 0.05) is 29.4 Å². The lowest BCUT2D eigenvalue weighted by Gasteiger charge is -2.19. The molecule has 0 saturated heterocycles. The number of hydrogen-bond acceptors (Lipinski definition) is 3. The fraction of sp³-hybridized carbons (Fsp3) is 0.235. The van der Waals surface area contributed by atoms with Crippen LogP contribution in [-0.4, -0.2) is 31.7 Å². The molecule has 0 aliphatic rings. The number of sulfonamides is 1. The molecular weight excluding hydrogens is 367 g/mol. The van der Waals surface area contributed by atoms with Crippen LogP contribution in [-0.2, 0) is 10.0 Å². The van der Waals surface area contributed by atoms with Gasteiger partial charge in [0.25, 0.3) is 5.91 Å². The van der Waals surface area contributed by atoms with E-state index in [2.05, 4.69) is 5.32 Å². The van der Waals surface area contributed by atoms with Crippen LogP contribution in [0.15, 0.2) is 47.4 Å². The number of nitrogens with one attached hydrogen (secondary N) is 1. The van der Waals surface area contributed by atoms with Crippen molar-refractivity contribution in [1.29, 1.82) is 0 Å². The van der Waals surface area contributed by atoms with Crippen molar-refractivity contribution in [2.75, 3.05) is 18.4 Å². The maximum absolute atomic E-state index is 14.1. The van der Waals surface area contributed by atoms with E-state index in [1.54, 1.807) is 38.1 Å². The first-order valence-corrected chi connectivity index (χ1v) is 9.48. The average molecular weight is 385 g/mol. The van der Waals surface area contributed by atoms with Gasteiger partial charge in [-0.15, -0.1) is 0 Å². The summed E-state index contributed by atoms with van der Waals surface area (Å²) in [4.78, 5) is 11.8. The van der Waals surface area contributed by atoms with Gasteiger partial charge in [-0.05, 0) is 42.5 Å². The molecule has 1 N–H and O–H groups in total. The monoisotopic (exact) mass is 384 g/mol. The number of benzene rings is 2. The van der Waals surface area contributed by atoms with Gasteiger partial charge in [0.05, 0.1) is 0 Å². The molecule has 0 spiro atoms. The highest BCUT2D eigenvalue weighted by Crippen LogP contribution is 2.22. The number of carbonyl (C=O) groups excluding carboxylic acids is 1. The number of hydrogen-bond donors (Lipinski definition) is 1. The first-order chi connectivity index (χ1) is 11.8. The van der Waals surface area contributed by atoms with Gasteiger partial charge < -0.3 is 5.32 Å². The largest absolute Gasteiger partial charge is 0.322 e. The Bertz CT molecular complexity index is 866. The van der Waals surface area contributed by atoms with Crippen molar-refractivity contribution in [3.05, 3.63) is 58.9 Å². The lowest BCUT2D eigenvalue weighted by molar-refractivity contribution is 0.102. The second-order valence-corrected chi connectivity index (χ2v) is 7.54. The van der Waals surface area contributed by atoms with E-state index < -0.39 is 26.6 Å². The van der Waals surface area contributed by atoms with Gasteiger partial charge in [0.2, 0.25) is 10.0 Å². The van der Waals surface area contributed by atoms with Crippen molar-refractivity contribution < 1.29 is 17.6 Å². The second-order valence-electron chi connectivity index (χ2n) is 5.20. The topological polar surface area (TPSA) is 66.5 Å². The molecule has 0 fully saturated rings. The summed E-state index contributed by atoms with van der Waals surface area (Å²) >= 11 is 5.78. The summed E-state index contributed by atoms with van der Waals surface area (Å²) in [5.74, 6) is -1.44. The third kappa shape index (κ3) is 4.36. The molecule has 0 radical (unpaired) electrons. The van der Waals surface area contributed by atoms with E-state index in [4.69, 9.17) is 11.6 Å². The minimum absolute atomic E-state index is 0.0436. The Kier molecular flexibility index (Phi) is 6.16. The van der Waals surface area contributed by atoms with Crippen molar-refractivity contribution in [2.24, 2.45) is 0 Å². The molecule has 1 amide bonds. The zero-order chi connectivity index (χ0) is 18.6. The Hall–Kier alpha value is -1.96. The van der Waals surface area contributed by atoms with E-state index >= 15 is 0 Å². The Labute approximate surface area is 151 Å². The van der Waals surface area contributed by atoms with Crippen LogP contribution in [0.2, 0.25) is 5.02 Å². The van der Waals surface area contributed by atoms with E-state index in [9.17, 15) is 17.6 Å². The van der Waals surface area contributed by atoms with Crippen LogP contribution in [0.25, 0.3) is 0 Å². The Morgan fingerprint density at radius 1 is 1.12 bits per heavy atom. The zero-order valence-electron chi connectivity index (χ0n) is 13.8. The summed E-state index contributed by atoms with van der Waals surface area (Å²) in [5, 5.41) is 3.13. The van der Waals surface area contributed by atoms with Crippen molar-refractivity contribution in [1.82, 2.24) is 4.31 Å². The molecule has 0 atom stereocenters. The normalized spacial score (nSPS) is 11.6. The summed E-state index contributed by atoms with van der Waals surface area (Å²) in [6.07, 6.45) is 0. The maximum Gasteiger partial charge on any atom is 0.255 e. The van der Waals surface area contributed by atoms with Gasteiger partial charge in [-0.25, -0.2) is 12.8 Å². The molecule has 0 saturated carbocycles. The van der Waals surface area contributed by atoms with Gasteiger partial charge in [0.15, 0.2) is 0 Å². The minimum atomic E-state index is -4.01. The van der Waals surface area contributed by atoms with Crippen LogP contribution < -0.4 is 5.32 Å². The summed E-state index contributed by atoms with van der Waals surface area (Å²) < 4.78 is 40.3. The van der Waals surface area contributed by atoms with E-state index in [0.717, 1.165) is 16.4 Å². The lowest BCUT2D eigenvalue weighted by atomic mass is 10.2. The number of amides is 1. The van der Waals surface area contributed by atoms with Crippen LogP contribution in [0.3, 0.4) is 0 Å². The van der Waals surface area contributed by atoms with E-state index in [0.29, 0.717) is 10.7 Å². The first-order valence-electron chi connectivity index (χ1n) is 7.66. The molecule has 5 nitrogen and oxygen atoms in total. The van der Waals surface area contributed by atoms with Crippen LogP contribution in [0, 0.1) is 5.82 Å². The summed E-state index contributed by atoms with van der Waals surface area (Å²) in [5.41, 5.74) is 0.536. The molecule has 8 heteroatoms. The van der Waals surface area contributed by atoms with Crippen molar-refractivity contribution in [2.45, 2.75) is 18.7 Å². The Morgan fingerprint density at radius 3 is 2.28 bits per heavy atom. The standard InChI is InChI=1S/C17H18ClFN2O3S/c1-3-21(4-2)25(23,24)16-11-12(5-10-15(16)19)17(22)20-14-8-6-13(18)7-9-14/h5-11H,3-4H2,1-2H3,(H,20,22). The smallest absolute Gasteiger partial charge is 0.255 e. The summed E-state index contributed by atoms with van der Waals surface area (Å²) in [7, 11) is -4.01. The highest BCUT2D eigenvalue weighted by molar-refractivity contribution is 7.89. The highest BCUT2D eigenvalue weighted by atomic mass is 35.5. The molecular formula is C17H18ClFN2O3S. The molecule has 0 aliphatic heterocycles. The summed E-state index contributed by atoms with van der Waals surface area (Å²) in [6.45, 7) is 3.74. The molecule has 134 valence electrons. The molecule has 0 unspecified atom stereocenters. The zero-order valence-corrected chi connectivity index (χ0v) is 15.4. The number of rotatable bonds is 6. The predicted octanol–water partition coefficient (Wildman–Crippen LogP) is 3.76. The highest BCUT2D eigenvalue weighted by Gasteiger charge is 2.26. The predicted molar refractivity (Wildman–Crippen MR) is 95.9 cm³/mol. The van der Waals surface area contributed by atoms with Crippen LogP contribution in [0.4, 0.5) is 10.1 Å². The molecule has 0 aromatic heterocycles. The van der Waals surface area contributed by atoms with Gasteiger partial charge in [-0.3, -0.25) is 4.79 Å². The number of carbonyl (C=O) groups is 1. The fourth-order valence-corrected chi connectivity index (χ4v) is 3.96. The SMILES string of the molecule is CCN(CC)S(=O)(=O)c1cc(C(=O)Nc2ccc(Cl)cc2)ccc1F. The molecule has 25 heavy (non-hydrogen) atoms. The number of anilines is 1. The van der Waals surface area contributed by atoms with Crippen LogP contribution in [0.1, 0.15) is 24.2 Å². The van der Waals surface area contributed by atoms with Crippen molar-refractivity contribution >= 4 is 33.2 Å². The molecule has 0 heterocycles. The second kappa shape index (κ2) is 7.95. The fourth-order valence-electron chi connectivity index (χ4n) is 2.28. The van der Waals surface area contributed by atoms with Gasteiger partial charge >= 0.3 is 0 Å². The van der Waals surface area contributed by atoms with E-state index in [1.807, 2.05) is 0 Å². The van der Waals surface area contributed by atoms with Crippen molar-refractivity contribution in [3.8, 4) is 0 Å². The molecule has 2 rings (SSSR count). The van der Waals surface area contributed by atoms with Gasteiger partial charge in [-0.1, -0.05) is 25.4 Å². The van der Waals surface area contributed by atoms with Crippen molar-refractivity contribution in [3.63, 3.8) is 0 Å². The number of nitrogens with zero attached hydrogens (tertiary/aromatic N) is 1. The molecule has 0 bridgehead atoms. The quantitative estimate of drug-likeness (QED) is 0.824. The van der Waals surface area contributed by atoms with E-state index in [1.165, 1.54) is 6.07 Å². The van der Waals surface area contributed by atoms with Gasteiger partial charge in [-0.2, -0.15) is 4.31 Å². The molecule has 2 aromatic carbocycles. The molecule has 2 aromatic rings. The first kappa shape index (κ1) is 19.4. The third-order valence-electron chi connectivity index (χ3n) is 3.62. The maximum atomic E-state index is 14.1. The van der Waals surface area contributed by atoms with Crippen LogP contribution in [0.5, 0.6) is 0 Å². The molecule has 0 aliphatic carbocycles. The lowest BCUT2D eigenvalue weighted by Crippen LogP contribution is -2.31. The van der Waals surface area contributed by atoms with E-state index in [-0.39, 0.29) is 18.7 Å². The average Bonchev–Trinajstić information content (AvgIpc) is 2.58. The third-order valence-corrected chi connectivity index (χ3v) is 5.94. The number of halogens is 2. The Morgan fingerprint density at radius 2 is 1.72 bits per heavy atom. The van der Waals surface area contributed by atoms with Gasteiger partial charge in [0.1, 0.15) is 10.7 Å². The van der Waals surface area contributed by atoms with Crippen LogP contribution >= 0.6 is 11.6 Å². The Balaban J connectivity index is 2.35. The minimum Gasteiger partial charge on any atom is -0.322 e. The summed E-state index contributed by atoms with van der Waals surface area (Å²) in [6, 6.07) is 9.70.